The highest BCUT2D eigenvalue weighted by molar-refractivity contribution is 7.22. The van der Waals surface area contributed by atoms with E-state index in [-0.39, 0.29) is 41.4 Å². The second-order valence-corrected chi connectivity index (χ2v) is 19.2. The summed E-state index contributed by atoms with van der Waals surface area (Å²) in [6, 6.07) is 11.4. The molecule has 5 unspecified atom stereocenters. The fourth-order valence-electron chi connectivity index (χ4n) is 11.4. The number of anilines is 2. The average molecular weight is 826 g/mol. The first kappa shape index (κ1) is 41.2. The highest BCUT2D eigenvalue weighted by Gasteiger charge is 2.60. The molecular formula is C44H59N9O5S. The molecule has 4 saturated carbocycles. The molecule has 5 atom stereocenters. The molecule has 0 radical (unpaired) electrons. The Morgan fingerprint density at radius 2 is 1.88 bits per heavy atom. The molecule has 9 N–H and O–H groups in total. The highest BCUT2D eigenvalue weighted by atomic mass is 32.1. The maximum Gasteiger partial charge on any atom is 0.355 e. The van der Waals surface area contributed by atoms with Crippen LogP contribution in [-0.4, -0.2) is 88.1 Å². The number of nitrogens with zero attached hydrogens (tertiary/aromatic N) is 4. The number of nitrogens with one attached hydrogen (secondary N) is 4. The van der Waals surface area contributed by atoms with Gasteiger partial charge in [0.05, 0.1) is 41.7 Å². The van der Waals surface area contributed by atoms with E-state index >= 15 is 0 Å². The summed E-state index contributed by atoms with van der Waals surface area (Å²) in [5.41, 5.74) is 17.8. The SMILES string of the molecule is CC(=NCC1CC2(C)CC3(C)CC1CC(OCCNC(CO)CO)(C2)C3)C(=CN)c1ccc(N2CCCC3=C2NNC(Nc2nc4ccccc4s2)=C3C)nc1C(=O)O. The van der Waals surface area contributed by atoms with Gasteiger partial charge in [-0.15, -0.1) is 0 Å². The molecule has 1 aromatic carbocycles. The third-order valence-corrected chi connectivity index (χ3v) is 14.3. The van der Waals surface area contributed by atoms with Gasteiger partial charge in [0, 0.05) is 48.3 Å². The van der Waals surface area contributed by atoms with Gasteiger partial charge >= 0.3 is 5.97 Å². The minimum absolute atomic E-state index is 0.0700. The molecular weight excluding hydrogens is 767 g/mol. The van der Waals surface area contributed by atoms with Gasteiger partial charge in [0.15, 0.2) is 10.8 Å². The number of aliphatic hydroxyl groups excluding tert-OH is 2. The van der Waals surface area contributed by atoms with Crippen molar-refractivity contribution in [1.82, 2.24) is 26.1 Å². The monoisotopic (exact) mass is 825 g/mol. The molecule has 4 bridgehead atoms. The normalized spacial score (nSPS) is 28.2. The Morgan fingerprint density at radius 3 is 2.63 bits per heavy atom. The van der Waals surface area contributed by atoms with E-state index in [9.17, 15) is 20.1 Å². The van der Waals surface area contributed by atoms with Crippen molar-refractivity contribution < 1.29 is 24.9 Å². The van der Waals surface area contributed by atoms with Crippen LogP contribution in [0.25, 0.3) is 15.8 Å². The van der Waals surface area contributed by atoms with Crippen molar-refractivity contribution in [3.05, 3.63) is 76.6 Å². The zero-order valence-corrected chi connectivity index (χ0v) is 35.4. The van der Waals surface area contributed by atoms with Gasteiger partial charge < -0.3 is 41.3 Å². The number of thiazole rings is 1. The lowest BCUT2D eigenvalue weighted by molar-refractivity contribution is -0.163. The van der Waals surface area contributed by atoms with Gasteiger partial charge in [-0.2, -0.15) is 0 Å². The van der Waals surface area contributed by atoms with Crippen LogP contribution in [0.5, 0.6) is 0 Å². The van der Waals surface area contributed by atoms with Crippen molar-refractivity contribution in [2.45, 2.75) is 90.7 Å². The standard InChI is InChI=1S/C44H59N9O5S/c1-26-31-8-7-14-53(39(31)52-51-38(26)50-41-48-34-9-5-6-10-35(34)59-41)36-12-11-32(37(49-36)40(56)57)33(19-45)27(2)47-20-29-17-43(4)23-42(3)16-28(29)18-44(24-42,25-43)58-15-13-46-30(21-54)22-55/h5-6,9-12,19,28-30,46,51-52,54-55H,7-8,13-18,20-25,45H2,1-4H3,(H,48,50)(H,56,57). The topological polar surface area (TPSA) is 203 Å². The van der Waals surface area contributed by atoms with Gasteiger partial charge in [-0.1, -0.05) is 37.3 Å². The van der Waals surface area contributed by atoms with Crippen molar-refractivity contribution in [3.8, 4) is 0 Å². The number of carboxylic acids is 1. The van der Waals surface area contributed by atoms with E-state index in [2.05, 4.69) is 48.3 Å². The summed E-state index contributed by atoms with van der Waals surface area (Å²) in [4.78, 5) is 29.6. The number of nitrogens with two attached hydrogens (primary N) is 1. The molecule has 2 aromatic heterocycles. The second kappa shape index (κ2) is 16.5. The van der Waals surface area contributed by atoms with Crippen LogP contribution >= 0.6 is 11.3 Å². The average Bonchev–Trinajstić information content (AvgIpc) is 3.56. The molecule has 15 heteroatoms. The van der Waals surface area contributed by atoms with E-state index in [4.69, 9.17) is 25.4 Å². The predicted molar refractivity (Wildman–Crippen MR) is 233 cm³/mol. The Balaban J connectivity index is 0.989. The largest absolute Gasteiger partial charge is 0.476 e. The van der Waals surface area contributed by atoms with Crippen molar-refractivity contribution in [1.29, 1.82) is 0 Å². The van der Waals surface area contributed by atoms with E-state index in [1.165, 1.54) is 12.6 Å². The van der Waals surface area contributed by atoms with Crippen molar-refractivity contribution in [2.24, 2.45) is 33.4 Å². The number of pyridine rings is 1. The van der Waals surface area contributed by atoms with Gasteiger partial charge in [0.2, 0.25) is 0 Å². The van der Waals surface area contributed by atoms with Crippen LogP contribution in [0, 0.1) is 22.7 Å². The number of carbonyl (C=O) groups is 1. The van der Waals surface area contributed by atoms with Crippen LogP contribution in [0.4, 0.5) is 10.9 Å². The van der Waals surface area contributed by atoms with Crippen LogP contribution in [0.15, 0.2) is 70.4 Å². The summed E-state index contributed by atoms with van der Waals surface area (Å²) in [5, 5.41) is 36.9. The number of carboxylic acid groups (broad SMARTS) is 1. The van der Waals surface area contributed by atoms with Crippen molar-refractivity contribution >= 4 is 49.8 Å². The van der Waals surface area contributed by atoms with Crippen molar-refractivity contribution in [3.63, 3.8) is 0 Å². The number of ether oxygens (including phenoxy) is 1. The second-order valence-electron chi connectivity index (χ2n) is 18.2. The van der Waals surface area contributed by atoms with Crippen LogP contribution in [0.3, 0.4) is 0 Å². The smallest absolute Gasteiger partial charge is 0.355 e. The molecule has 4 heterocycles. The molecule has 0 amide bonds. The summed E-state index contributed by atoms with van der Waals surface area (Å²) in [6.07, 6.45) is 9.63. The maximum atomic E-state index is 12.9. The quantitative estimate of drug-likeness (QED) is 0.0682. The Kier molecular flexibility index (Phi) is 11.5. The minimum Gasteiger partial charge on any atom is -0.476 e. The van der Waals surface area contributed by atoms with E-state index in [0.717, 1.165) is 83.1 Å². The summed E-state index contributed by atoms with van der Waals surface area (Å²) in [6.45, 7) is 11.0. The summed E-state index contributed by atoms with van der Waals surface area (Å²) >= 11 is 1.60. The van der Waals surface area contributed by atoms with Crippen LogP contribution in [0.1, 0.15) is 95.1 Å². The zero-order chi connectivity index (χ0) is 41.5. The first-order valence-corrected chi connectivity index (χ1v) is 21.8. The van der Waals surface area contributed by atoms with Gasteiger partial charge in [0.25, 0.3) is 0 Å². The lowest BCUT2D eigenvalue weighted by Crippen LogP contribution is -2.53. The Morgan fingerprint density at radius 1 is 1.10 bits per heavy atom. The van der Waals surface area contributed by atoms with E-state index in [0.29, 0.717) is 60.7 Å². The number of aromatic nitrogens is 2. The fourth-order valence-corrected chi connectivity index (χ4v) is 12.3. The van der Waals surface area contributed by atoms with Crippen LogP contribution in [-0.2, 0) is 4.74 Å². The molecule has 59 heavy (non-hydrogen) atoms. The number of fused-ring (bicyclic) bond motifs is 2. The third-order valence-electron chi connectivity index (χ3n) is 13.3. The number of hydrazine groups is 1. The van der Waals surface area contributed by atoms with Gasteiger partial charge in [-0.3, -0.25) is 15.8 Å². The number of aliphatic hydroxyl groups is 2. The Hall–Kier alpha value is -4.54. The van der Waals surface area contributed by atoms with Crippen LogP contribution < -0.4 is 32.1 Å². The molecule has 3 aromatic rings. The lowest BCUT2D eigenvalue weighted by atomic mass is 9.53. The molecule has 0 saturated heterocycles. The van der Waals surface area contributed by atoms with Gasteiger partial charge in [-0.05, 0) is 118 Å². The number of hydrogen-bond donors (Lipinski definition) is 8. The molecule has 316 valence electrons. The Labute approximate surface area is 350 Å². The number of hydrogen-bond acceptors (Lipinski definition) is 14. The number of benzene rings is 1. The highest BCUT2D eigenvalue weighted by Crippen LogP contribution is 2.66. The first-order chi connectivity index (χ1) is 28.3. The number of aromatic carboxylic acids is 1. The molecule has 9 rings (SSSR count). The third kappa shape index (κ3) is 8.32. The number of aliphatic imine (C=N–C) groups is 1. The molecule has 0 spiro atoms. The maximum absolute atomic E-state index is 12.9. The number of allylic oxidation sites excluding steroid dienone is 3. The summed E-state index contributed by atoms with van der Waals surface area (Å²) in [7, 11) is 0. The predicted octanol–water partition coefficient (Wildman–Crippen LogP) is 5.74. The molecule has 2 aliphatic heterocycles. The zero-order valence-electron chi connectivity index (χ0n) is 34.6. The molecule has 4 aliphatic carbocycles. The Bertz CT molecular complexity index is 2180. The van der Waals surface area contributed by atoms with Crippen molar-refractivity contribution in [2.75, 3.05) is 49.7 Å². The molecule has 14 nitrogen and oxygen atoms in total. The first-order valence-electron chi connectivity index (χ1n) is 21.0. The van der Waals surface area contributed by atoms with Gasteiger partial charge in [-0.25, -0.2) is 14.8 Å². The molecule has 6 aliphatic rings. The van der Waals surface area contributed by atoms with E-state index < -0.39 is 5.97 Å². The minimum atomic E-state index is -1.13. The summed E-state index contributed by atoms with van der Waals surface area (Å²) in [5.74, 6) is 1.90. The number of para-hydroxylation sites is 1. The van der Waals surface area contributed by atoms with E-state index in [1.807, 2.05) is 42.2 Å². The van der Waals surface area contributed by atoms with Gasteiger partial charge in [0.1, 0.15) is 17.5 Å². The summed E-state index contributed by atoms with van der Waals surface area (Å²) < 4.78 is 7.88. The number of rotatable bonds is 15. The fraction of sp³-hybridized carbons (Fsp3) is 0.545. The lowest BCUT2D eigenvalue weighted by Gasteiger charge is -2.56. The van der Waals surface area contributed by atoms with E-state index in [1.54, 1.807) is 11.3 Å². The molecule has 4 fully saturated rings. The van der Waals surface area contributed by atoms with Crippen LogP contribution in [0.2, 0.25) is 0 Å².